The molecule has 6 nitrogen and oxygen atoms in total. The maximum atomic E-state index is 12.5. The molecule has 0 N–H and O–H groups in total. The molecule has 0 bridgehead atoms. The summed E-state index contributed by atoms with van der Waals surface area (Å²) in [6.45, 7) is 6.53. The molecule has 1 aliphatic heterocycles. The highest BCUT2D eigenvalue weighted by Crippen LogP contribution is 2.24. The van der Waals surface area contributed by atoms with E-state index in [-0.39, 0.29) is 29.2 Å². The second-order valence-corrected chi connectivity index (χ2v) is 10.5. The summed E-state index contributed by atoms with van der Waals surface area (Å²) >= 11 is 2.83. The van der Waals surface area contributed by atoms with Crippen molar-refractivity contribution in [2.24, 2.45) is 5.92 Å². The van der Waals surface area contributed by atoms with Crippen LogP contribution in [0.15, 0.2) is 4.34 Å². The second-order valence-electron chi connectivity index (χ2n) is 5.87. The van der Waals surface area contributed by atoms with Crippen LogP contribution in [0.25, 0.3) is 0 Å². The van der Waals surface area contributed by atoms with E-state index < -0.39 is 9.84 Å². The predicted molar refractivity (Wildman–Crippen MR) is 89.0 cm³/mol. The number of carbonyl (C=O) groups is 1. The number of nitrogens with zero attached hydrogens (tertiary/aromatic N) is 3. The average molecular weight is 364 g/mol. The molecule has 1 aromatic heterocycles. The lowest BCUT2D eigenvalue weighted by Crippen LogP contribution is -2.44. The summed E-state index contributed by atoms with van der Waals surface area (Å²) in [7, 11) is -2.99. The first-order chi connectivity index (χ1) is 10.3. The number of sulfone groups is 1. The van der Waals surface area contributed by atoms with Crippen molar-refractivity contribution in [1.29, 1.82) is 0 Å². The van der Waals surface area contributed by atoms with E-state index in [9.17, 15) is 13.2 Å². The van der Waals surface area contributed by atoms with Gasteiger partial charge in [0.25, 0.3) is 0 Å². The largest absolute Gasteiger partial charge is 0.338 e. The van der Waals surface area contributed by atoms with Gasteiger partial charge in [-0.2, -0.15) is 0 Å². The van der Waals surface area contributed by atoms with Crippen molar-refractivity contribution in [2.45, 2.75) is 37.6 Å². The van der Waals surface area contributed by atoms with Gasteiger partial charge in [0.05, 0.1) is 17.3 Å². The third-order valence-electron chi connectivity index (χ3n) is 3.36. The molecule has 1 saturated heterocycles. The molecule has 1 aromatic rings. The van der Waals surface area contributed by atoms with Crippen molar-refractivity contribution in [2.75, 3.05) is 23.8 Å². The Balaban J connectivity index is 2.00. The summed E-state index contributed by atoms with van der Waals surface area (Å²) in [5, 5.41) is 8.79. The monoisotopic (exact) mass is 363 g/mol. The van der Waals surface area contributed by atoms with Crippen molar-refractivity contribution in [1.82, 2.24) is 15.1 Å². The number of aryl methyl sites for hydroxylation is 1. The van der Waals surface area contributed by atoms with Gasteiger partial charge in [0.2, 0.25) is 5.91 Å². The number of rotatable bonds is 6. The van der Waals surface area contributed by atoms with Gasteiger partial charge in [-0.25, -0.2) is 8.42 Å². The molecule has 1 aliphatic rings. The van der Waals surface area contributed by atoms with Crippen LogP contribution in [0.4, 0.5) is 0 Å². The molecule has 2 rings (SSSR count). The molecular weight excluding hydrogens is 342 g/mol. The minimum absolute atomic E-state index is 0.0198. The maximum Gasteiger partial charge on any atom is 0.233 e. The molecule has 1 fully saturated rings. The van der Waals surface area contributed by atoms with Crippen molar-refractivity contribution >= 4 is 38.8 Å². The summed E-state index contributed by atoms with van der Waals surface area (Å²) in [6.07, 6.45) is 0.545. The van der Waals surface area contributed by atoms with E-state index in [0.29, 0.717) is 18.9 Å². The minimum Gasteiger partial charge on any atom is -0.338 e. The Morgan fingerprint density at radius 2 is 2.18 bits per heavy atom. The van der Waals surface area contributed by atoms with Gasteiger partial charge in [0, 0.05) is 12.6 Å². The number of aromatic nitrogens is 2. The van der Waals surface area contributed by atoms with Gasteiger partial charge in [0.1, 0.15) is 5.01 Å². The standard InChI is InChI=1S/C13H21N3O3S3/c1-9(2)6-16(11-4-5-22(18,19)8-11)12(17)7-20-13-15-14-10(3)21-13/h9,11H,4-8H2,1-3H3/t11-/m1/s1. The van der Waals surface area contributed by atoms with E-state index in [0.717, 1.165) is 9.35 Å². The molecular formula is C13H21N3O3S3. The quantitative estimate of drug-likeness (QED) is 0.714. The summed E-state index contributed by atoms with van der Waals surface area (Å²) in [5.41, 5.74) is 0. The molecule has 1 atom stereocenters. The Morgan fingerprint density at radius 1 is 1.45 bits per heavy atom. The van der Waals surface area contributed by atoms with Crippen LogP contribution in [0.2, 0.25) is 0 Å². The lowest BCUT2D eigenvalue weighted by atomic mass is 10.1. The van der Waals surface area contributed by atoms with Crippen LogP contribution in [0.3, 0.4) is 0 Å². The van der Waals surface area contributed by atoms with Crippen LogP contribution in [0.5, 0.6) is 0 Å². The smallest absolute Gasteiger partial charge is 0.233 e. The number of carbonyl (C=O) groups excluding carboxylic acids is 1. The molecule has 0 spiro atoms. The van der Waals surface area contributed by atoms with Crippen LogP contribution >= 0.6 is 23.1 Å². The lowest BCUT2D eigenvalue weighted by molar-refractivity contribution is -0.130. The number of hydrogen-bond acceptors (Lipinski definition) is 7. The molecule has 0 saturated carbocycles. The van der Waals surface area contributed by atoms with E-state index in [2.05, 4.69) is 10.2 Å². The number of thioether (sulfide) groups is 1. The van der Waals surface area contributed by atoms with Gasteiger partial charge in [-0.3, -0.25) is 4.79 Å². The molecule has 1 amide bonds. The molecule has 0 aromatic carbocycles. The van der Waals surface area contributed by atoms with E-state index >= 15 is 0 Å². The summed E-state index contributed by atoms with van der Waals surface area (Å²) < 4.78 is 24.1. The second kappa shape index (κ2) is 7.27. The van der Waals surface area contributed by atoms with E-state index in [1.165, 1.54) is 23.1 Å². The summed E-state index contributed by atoms with van der Waals surface area (Å²) in [4.78, 5) is 14.3. The molecule has 124 valence electrons. The zero-order chi connectivity index (χ0) is 16.3. The van der Waals surface area contributed by atoms with Gasteiger partial charge in [-0.05, 0) is 19.3 Å². The van der Waals surface area contributed by atoms with Gasteiger partial charge < -0.3 is 4.90 Å². The van der Waals surface area contributed by atoms with Gasteiger partial charge in [0.15, 0.2) is 14.2 Å². The fourth-order valence-corrected chi connectivity index (χ4v) is 5.84. The third kappa shape index (κ3) is 4.92. The van der Waals surface area contributed by atoms with Crippen LogP contribution in [0.1, 0.15) is 25.3 Å². The van der Waals surface area contributed by atoms with E-state index in [1.807, 2.05) is 20.8 Å². The van der Waals surface area contributed by atoms with Gasteiger partial charge in [-0.1, -0.05) is 36.9 Å². The Hall–Kier alpha value is -0.670. The fourth-order valence-electron chi connectivity index (χ4n) is 2.41. The summed E-state index contributed by atoms with van der Waals surface area (Å²) in [6, 6.07) is -0.184. The van der Waals surface area contributed by atoms with Crippen molar-refractivity contribution in [3.63, 3.8) is 0 Å². The first kappa shape index (κ1) is 17.7. The molecule has 0 aliphatic carbocycles. The van der Waals surface area contributed by atoms with Crippen LogP contribution < -0.4 is 0 Å². The van der Waals surface area contributed by atoms with Crippen molar-refractivity contribution in [3.8, 4) is 0 Å². The number of hydrogen-bond donors (Lipinski definition) is 0. The molecule has 22 heavy (non-hydrogen) atoms. The Kier molecular flexibility index (Phi) is 5.84. The van der Waals surface area contributed by atoms with Crippen LogP contribution in [-0.2, 0) is 14.6 Å². The first-order valence-electron chi connectivity index (χ1n) is 7.19. The van der Waals surface area contributed by atoms with Gasteiger partial charge >= 0.3 is 0 Å². The van der Waals surface area contributed by atoms with E-state index in [1.54, 1.807) is 4.90 Å². The highest BCUT2D eigenvalue weighted by molar-refractivity contribution is 8.01. The Morgan fingerprint density at radius 3 is 2.68 bits per heavy atom. The van der Waals surface area contributed by atoms with Crippen LogP contribution in [-0.4, -0.2) is 59.3 Å². The predicted octanol–water partition coefficient (Wildman–Crippen LogP) is 1.61. The zero-order valence-electron chi connectivity index (χ0n) is 13.0. The Labute approximate surface area is 139 Å². The van der Waals surface area contributed by atoms with Crippen molar-refractivity contribution in [3.05, 3.63) is 5.01 Å². The maximum absolute atomic E-state index is 12.5. The normalized spacial score (nSPS) is 20.5. The third-order valence-corrected chi connectivity index (χ3v) is 7.07. The highest BCUT2D eigenvalue weighted by atomic mass is 32.2. The lowest BCUT2D eigenvalue weighted by Gasteiger charge is -2.29. The SMILES string of the molecule is Cc1nnc(SCC(=O)N(CC(C)C)[C@@H]2CCS(=O)(=O)C2)s1. The first-order valence-corrected chi connectivity index (χ1v) is 10.8. The average Bonchev–Trinajstić information content (AvgIpc) is 2.98. The molecule has 9 heteroatoms. The molecule has 0 unspecified atom stereocenters. The van der Waals surface area contributed by atoms with E-state index in [4.69, 9.17) is 0 Å². The highest BCUT2D eigenvalue weighted by Gasteiger charge is 2.34. The fraction of sp³-hybridized carbons (Fsp3) is 0.769. The van der Waals surface area contributed by atoms with Crippen LogP contribution in [0, 0.1) is 12.8 Å². The summed E-state index contributed by atoms with van der Waals surface area (Å²) in [5.74, 6) is 0.837. The zero-order valence-corrected chi connectivity index (χ0v) is 15.4. The topological polar surface area (TPSA) is 80.2 Å². The van der Waals surface area contributed by atoms with Crippen molar-refractivity contribution < 1.29 is 13.2 Å². The number of amides is 1. The molecule has 0 radical (unpaired) electrons. The minimum atomic E-state index is -2.99. The molecule has 2 heterocycles. The van der Waals surface area contributed by atoms with Gasteiger partial charge in [-0.15, -0.1) is 10.2 Å². The Bertz CT molecular complexity index is 627.